The molecule has 0 spiro atoms. The highest BCUT2D eigenvalue weighted by molar-refractivity contribution is 6.42. The predicted octanol–water partition coefficient (Wildman–Crippen LogP) is 0.524. The molecule has 0 aliphatic rings. The van der Waals surface area contributed by atoms with E-state index in [1.807, 2.05) is 0 Å². The lowest BCUT2D eigenvalue weighted by Crippen LogP contribution is -2.73. The predicted molar refractivity (Wildman–Crippen MR) is 79.5 cm³/mol. The Bertz CT molecular complexity index is 726. The Kier molecular flexibility index (Phi) is 4.26. The topological polar surface area (TPSA) is 97.8 Å². The number of nitrogens with one attached hydrogen (secondary N) is 3. The zero-order valence-electron chi connectivity index (χ0n) is 10.5. The number of nitrogens with two attached hydrogens (primary N) is 1. The smallest absolute Gasteiger partial charge is 0.322 e. The van der Waals surface area contributed by atoms with Crippen molar-refractivity contribution < 1.29 is 4.99 Å². The molecule has 0 aliphatic carbocycles. The Morgan fingerprint density at radius 2 is 2.10 bits per heavy atom. The standard InChI is InChI=1S/C12H11Cl2N5O/c1-6-4-10(20)18-12(16-6)19-11(15)17-7-2-3-8(13)9(14)5-7/h2-5H,1H3,(H4,15,16,17,18,19,20)/p+1. The van der Waals surface area contributed by atoms with Crippen molar-refractivity contribution in [3.63, 3.8) is 0 Å². The molecule has 104 valence electrons. The van der Waals surface area contributed by atoms with Gasteiger partial charge in [-0.1, -0.05) is 23.2 Å². The van der Waals surface area contributed by atoms with Crippen molar-refractivity contribution >= 4 is 40.8 Å². The lowest BCUT2D eigenvalue weighted by molar-refractivity contribution is -0.365. The van der Waals surface area contributed by atoms with Crippen LogP contribution in [0.5, 0.6) is 0 Å². The number of nitrogens with zero attached hydrogens (tertiary/aromatic N) is 1. The Balaban J connectivity index is 2.22. The van der Waals surface area contributed by atoms with Crippen molar-refractivity contribution in [1.82, 2.24) is 9.97 Å². The van der Waals surface area contributed by atoms with Gasteiger partial charge >= 0.3 is 5.95 Å². The number of aromatic amines is 1. The summed E-state index contributed by atoms with van der Waals surface area (Å²) in [6.45, 7) is 1.71. The summed E-state index contributed by atoms with van der Waals surface area (Å²) < 4.78 is 0. The summed E-state index contributed by atoms with van der Waals surface area (Å²) in [5, 5.41) is 3.74. The van der Waals surface area contributed by atoms with Gasteiger partial charge in [-0.25, -0.2) is 9.98 Å². The van der Waals surface area contributed by atoms with Gasteiger partial charge in [-0.2, -0.15) is 0 Å². The van der Waals surface area contributed by atoms with Crippen LogP contribution in [-0.2, 0) is 0 Å². The second-order valence-corrected chi connectivity index (χ2v) is 4.84. The second kappa shape index (κ2) is 5.94. The van der Waals surface area contributed by atoms with E-state index in [-0.39, 0.29) is 17.5 Å². The van der Waals surface area contributed by atoms with Crippen LogP contribution in [0.2, 0.25) is 10.0 Å². The van der Waals surface area contributed by atoms with Crippen molar-refractivity contribution in [2.24, 2.45) is 5.73 Å². The molecule has 1 aromatic heterocycles. The molecule has 8 heteroatoms. The molecule has 0 saturated carbocycles. The molecular formula is C12H12Cl2N5O+. The van der Waals surface area contributed by atoms with Crippen molar-refractivity contribution in [2.75, 3.05) is 5.32 Å². The highest BCUT2D eigenvalue weighted by Crippen LogP contribution is 2.24. The molecule has 0 unspecified atom stereocenters. The second-order valence-electron chi connectivity index (χ2n) is 4.03. The first kappa shape index (κ1) is 14.4. The summed E-state index contributed by atoms with van der Waals surface area (Å²) in [4.78, 5) is 20.7. The zero-order valence-corrected chi connectivity index (χ0v) is 12.0. The number of benzene rings is 1. The van der Waals surface area contributed by atoms with Gasteiger partial charge in [0.1, 0.15) is 0 Å². The molecule has 1 aromatic carbocycles. The fourth-order valence-electron chi connectivity index (χ4n) is 1.53. The van der Waals surface area contributed by atoms with Crippen molar-refractivity contribution in [3.05, 3.63) is 50.4 Å². The summed E-state index contributed by atoms with van der Waals surface area (Å²) in [7, 11) is 0. The Morgan fingerprint density at radius 3 is 2.75 bits per heavy atom. The fraction of sp³-hybridized carbons (Fsp3) is 0.0833. The van der Waals surface area contributed by atoms with E-state index in [1.165, 1.54) is 6.07 Å². The molecule has 0 amide bonds. The van der Waals surface area contributed by atoms with Crippen molar-refractivity contribution in [3.8, 4) is 0 Å². The lowest BCUT2D eigenvalue weighted by atomic mass is 10.3. The van der Waals surface area contributed by atoms with E-state index in [2.05, 4.69) is 20.3 Å². The monoisotopic (exact) mass is 312 g/mol. The largest absolute Gasteiger partial charge is 0.325 e. The van der Waals surface area contributed by atoms with Gasteiger partial charge in [0.15, 0.2) is 0 Å². The van der Waals surface area contributed by atoms with Crippen molar-refractivity contribution in [2.45, 2.75) is 6.92 Å². The van der Waals surface area contributed by atoms with E-state index < -0.39 is 0 Å². The third kappa shape index (κ3) is 3.72. The van der Waals surface area contributed by atoms with E-state index >= 15 is 0 Å². The third-order valence-corrected chi connectivity index (χ3v) is 3.06. The van der Waals surface area contributed by atoms with E-state index in [0.29, 0.717) is 21.4 Å². The Hall–Kier alpha value is -2.05. The molecule has 20 heavy (non-hydrogen) atoms. The number of hydrogen-bond donors (Lipinski definition) is 4. The highest BCUT2D eigenvalue weighted by Gasteiger charge is 2.05. The Morgan fingerprint density at radius 1 is 1.35 bits per heavy atom. The normalized spacial score (nSPS) is 11.4. The maximum absolute atomic E-state index is 11.3. The first-order valence-electron chi connectivity index (χ1n) is 5.63. The average molecular weight is 313 g/mol. The van der Waals surface area contributed by atoms with Crippen LogP contribution in [0.15, 0.2) is 29.1 Å². The van der Waals surface area contributed by atoms with E-state index in [4.69, 9.17) is 28.9 Å². The average Bonchev–Trinajstić information content (AvgIpc) is 2.32. The summed E-state index contributed by atoms with van der Waals surface area (Å²) in [6, 6.07) is 6.38. The summed E-state index contributed by atoms with van der Waals surface area (Å²) in [5.41, 5.74) is 6.75. The van der Waals surface area contributed by atoms with Gasteiger partial charge in [-0.3, -0.25) is 10.1 Å². The van der Waals surface area contributed by atoms with Gasteiger partial charge in [-0.05, 0) is 25.1 Å². The molecular weight excluding hydrogens is 301 g/mol. The SMILES string of the molecule is Cc1cc(=O)[nH]c([NH+]=C(N)Nc2ccc(Cl)c(Cl)c2)n1. The van der Waals surface area contributed by atoms with E-state index in [9.17, 15) is 4.79 Å². The molecule has 2 aromatic rings. The molecule has 0 radical (unpaired) electrons. The van der Waals surface area contributed by atoms with Crippen LogP contribution < -0.4 is 21.6 Å². The minimum atomic E-state index is -0.262. The number of anilines is 1. The van der Waals surface area contributed by atoms with E-state index in [0.717, 1.165) is 0 Å². The van der Waals surface area contributed by atoms with E-state index in [1.54, 1.807) is 25.1 Å². The summed E-state index contributed by atoms with van der Waals surface area (Å²) >= 11 is 11.7. The molecule has 2 rings (SSSR count). The molecule has 1 heterocycles. The van der Waals surface area contributed by atoms with Crippen LogP contribution in [0.4, 0.5) is 11.6 Å². The number of hydrogen-bond acceptors (Lipinski definition) is 2. The number of H-pyrrole nitrogens is 1. The van der Waals surface area contributed by atoms with Gasteiger partial charge in [0.2, 0.25) is 0 Å². The molecule has 0 bridgehead atoms. The molecule has 0 saturated heterocycles. The first-order valence-corrected chi connectivity index (χ1v) is 6.39. The molecule has 0 fully saturated rings. The van der Waals surface area contributed by atoms with Gasteiger partial charge in [0.05, 0.1) is 21.4 Å². The number of aromatic nitrogens is 2. The third-order valence-electron chi connectivity index (χ3n) is 2.32. The molecule has 5 N–H and O–H groups in total. The minimum absolute atomic E-state index is 0.192. The minimum Gasteiger partial charge on any atom is -0.322 e. The first-order chi connectivity index (χ1) is 9.44. The number of rotatable bonds is 2. The number of guanidine groups is 1. The maximum atomic E-state index is 11.3. The fourth-order valence-corrected chi connectivity index (χ4v) is 1.82. The summed E-state index contributed by atoms with van der Waals surface area (Å²) in [6.07, 6.45) is 0. The highest BCUT2D eigenvalue weighted by atomic mass is 35.5. The quantitative estimate of drug-likeness (QED) is 0.480. The van der Waals surface area contributed by atoms with Gasteiger partial charge < -0.3 is 5.73 Å². The van der Waals surface area contributed by atoms with Crippen LogP contribution in [0, 0.1) is 6.92 Å². The zero-order chi connectivity index (χ0) is 14.7. The van der Waals surface area contributed by atoms with Crippen LogP contribution in [-0.4, -0.2) is 15.9 Å². The van der Waals surface area contributed by atoms with Gasteiger partial charge in [-0.15, -0.1) is 4.98 Å². The van der Waals surface area contributed by atoms with Crippen LogP contribution >= 0.6 is 23.2 Å². The molecule has 0 atom stereocenters. The molecule has 6 nitrogen and oxygen atoms in total. The molecule has 0 aliphatic heterocycles. The van der Waals surface area contributed by atoms with Crippen LogP contribution in [0.1, 0.15) is 5.69 Å². The number of aryl methyl sites for hydroxylation is 1. The van der Waals surface area contributed by atoms with Crippen LogP contribution in [0.25, 0.3) is 0 Å². The number of halogens is 2. The van der Waals surface area contributed by atoms with Gasteiger partial charge in [0, 0.05) is 6.07 Å². The Labute approximate surface area is 124 Å². The lowest BCUT2D eigenvalue weighted by Gasteiger charge is -2.03. The maximum Gasteiger partial charge on any atom is 0.325 e. The van der Waals surface area contributed by atoms with Crippen molar-refractivity contribution in [1.29, 1.82) is 0 Å². The summed E-state index contributed by atoms with van der Waals surface area (Å²) in [5.74, 6) is 0.442. The van der Waals surface area contributed by atoms with Crippen LogP contribution in [0.3, 0.4) is 0 Å². The van der Waals surface area contributed by atoms with Gasteiger partial charge in [0.25, 0.3) is 11.5 Å².